The molecule has 0 aliphatic carbocycles. The minimum atomic E-state index is -0.257. The Morgan fingerprint density at radius 2 is 1.76 bits per heavy atom. The zero-order chi connectivity index (χ0) is 24.1. The Balaban J connectivity index is 1.58. The molecule has 2 amide bonds. The Hall–Kier alpha value is -3.94. The summed E-state index contributed by atoms with van der Waals surface area (Å²) < 4.78 is 5.76. The van der Waals surface area contributed by atoms with Gasteiger partial charge in [-0.25, -0.2) is 9.97 Å². The van der Waals surface area contributed by atoms with E-state index in [4.69, 9.17) is 4.74 Å². The zero-order valence-electron chi connectivity index (χ0n) is 19.6. The van der Waals surface area contributed by atoms with Gasteiger partial charge < -0.3 is 19.9 Å². The molecule has 1 fully saturated rings. The molecule has 176 valence electrons. The van der Waals surface area contributed by atoms with Gasteiger partial charge in [0.25, 0.3) is 5.91 Å². The second kappa shape index (κ2) is 10.3. The smallest absolute Gasteiger partial charge is 0.254 e. The second-order valence-electron chi connectivity index (χ2n) is 8.49. The molecule has 8 nitrogen and oxygen atoms in total. The fourth-order valence-corrected chi connectivity index (χ4v) is 4.03. The summed E-state index contributed by atoms with van der Waals surface area (Å²) in [5, 5.41) is 3.13. The highest BCUT2D eigenvalue weighted by atomic mass is 16.5. The molecule has 0 spiro atoms. The van der Waals surface area contributed by atoms with Gasteiger partial charge in [-0.1, -0.05) is 18.2 Å². The molecule has 8 heteroatoms. The molecule has 1 aromatic heterocycles. The van der Waals surface area contributed by atoms with Crippen molar-refractivity contribution in [2.24, 2.45) is 0 Å². The molecule has 2 aromatic carbocycles. The second-order valence-corrected chi connectivity index (χ2v) is 8.49. The van der Waals surface area contributed by atoms with Gasteiger partial charge in [0, 0.05) is 50.2 Å². The van der Waals surface area contributed by atoms with E-state index in [2.05, 4.69) is 15.3 Å². The summed E-state index contributed by atoms with van der Waals surface area (Å²) in [7, 11) is 0. The third kappa shape index (κ3) is 5.51. The number of benzene rings is 2. The number of carbonyl (C=O) groups excluding carboxylic acids is 2. The third-order valence-electron chi connectivity index (χ3n) is 5.65. The van der Waals surface area contributed by atoms with Crippen molar-refractivity contribution in [2.45, 2.75) is 32.9 Å². The number of rotatable bonds is 6. The normalized spacial score (nSPS) is 15.8. The Morgan fingerprint density at radius 3 is 2.44 bits per heavy atom. The largest absolute Gasteiger partial charge is 0.491 e. The minimum Gasteiger partial charge on any atom is -0.491 e. The van der Waals surface area contributed by atoms with Gasteiger partial charge in [-0.2, -0.15) is 0 Å². The molecule has 1 aliphatic heterocycles. The predicted molar refractivity (Wildman–Crippen MR) is 130 cm³/mol. The number of nitrogens with one attached hydrogen (secondary N) is 1. The van der Waals surface area contributed by atoms with Gasteiger partial charge in [0.05, 0.1) is 12.1 Å². The van der Waals surface area contributed by atoms with E-state index in [1.54, 1.807) is 42.4 Å². The average Bonchev–Trinajstić information content (AvgIpc) is 2.84. The highest BCUT2D eigenvalue weighted by Crippen LogP contribution is 2.29. The number of piperazine rings is 1. The minimum absolute atomic E-state index is 0.00548. The van der Waals surface area contributed by atoms with Crippen LogP contribution in [0.25, 0.3) is 0 Å². The average molecular weight is 460 g/mol. The number of carbonyl (C=O) groups is 2. The molecule has 1 saturated heterocycles. The van der Waals surface area contributed by atoms with Gasteiger partial charge in [-0.3, -0.25) is 9.59 Å². The highest BCUT2D eigenvalue weighted by Gasteiger charge is 2.33. The van der Waals surface area contributed by atoms with Crippen molar-refractivity contribution >= 4 is 23.5 Å². The maximum atomic E-state index is 13.6. The Kier molecular flexibility index (Phi) is 7.06. The van der Waals surface area contributed by atoms with E-state index >= 15 is 0 Å². The lowest BCUT2D eigenvalue weighted by molar-refractivity contribution is -0.131. The SMILES string of the molecule is CC(=O)N1CCN(C(=O)c2cccc(Nc3ncccn3)c2)C(c2ccc(OC(C)C)cc2)C1. The fraction of sp³-hybridized carbons (Fsp3) is 0.308. The lowest BCUT2D eigenvalue weighted by Gasteiger charge is -2.41. The number of amides is 2. The standard InChI is InChI=1S/C26H29N5O3/c1-18(2)34-23-10-8-20(9-11-23)24-17-30(19(3)32)14-15-31(24)25(33)21-6-4-7-22(16-21)29-26-27-12-5-13-28-26/h4-13,16,18,24H,14-15,17H2,1-3H3,(H,27,28,29). The molecule has 4 rings (SSSR count). The summed E-state index contributed by atoms with van der Waals surface area (Å²) >= 11 is 0. The van der Waals surface area contributed by atoms with Crippen LogP contribution in [0.2, 0.25) is 0 Å². The first kappa shape index (κ1) is 23.2. The van der Waals surface area contributed by atoms with Crippen LogP contribution in [-0.4, -0.2) is 57.3 Å². The van der Waals surface area contributed by atoms with E-state index in [9.17, 15) is 9.59 Å². The monoisotopic (exact) mass is 459 g/mol. The van der Waals surface area contributed by atoms with Crippen LogP contribution in [0.4, 0.5) is 11.6 Å². The van der Waals surface area contributed by atoms with Crippen molar-refractivity contribution in [1.82, 2.24) is 19.8 Å². The Morgan fingerprint density at radius 1 is 1.03 bits per heavy atom. The lowest BCUT2D eigenvalue weighted by atomic mass is 10.0. The molecule has 1 aliphatic rings. The van der Waals surface area contributed by atoms with E-state index in [0.717, 1.165) is 17.0 Å². The molecule has 1 N–H and O–H groups in total. The van der Waals surface area contributed by atoms with E-state index < -0.39 is 0 Å². The maximum Gasteiger partial charge on any atom is 0.254 e. The quantitative estimate of drug-likeness (QED) is 0.598. The highest BCUT2D eigenvalue weighted by molar-refractivity contribution is 5.95. The van der Waals surface area contributed by atoms with Crippen molar-refractivity contribution in [2.75, 3.05) is 25.0 Å². The van der Waals surface area contributed by atoms with Crippen LogP contribution in [0.15, 0.2) is 67.0 Å². The summed E-state index contributed by atoms with van der Waals surface area (Å²) in [6.07, 6.45) is 3.39. The molecule has 34 heavy (non-hydrogen) atoms. The van der Waals surface area contributed by atoms with Gasteiger partial charge in [0.2, 0.25) is 11.9 Å². The molecule has 0 bridgehead atoms. The van der Waals surface area contributed by atoms with Gasteiger partial charge >= 0.3 is 0 Å². The van der Waals surface area contributed by atoms with Crippen LogP contribution >= 0.6 is 0 Å². The molecule has 0 saturated carbocycles. The van der Waals surface area contributed by atoms with Crippen LogP contribution < -0.4 is 10.1 Å². The molecule has 3 aromatic rings. The molecule has 0 radical (unpaired) electrons. The Bertz CT molecular complexity index is 1130. The van der Waals surface area contributed by atoms with Crippen molar-refractivity contribution in [1.29, 1.82) is 0 Å². The van der Waals surface area contributed by atoms with Crippen LogP contribution in [0.1, 0.15) is 42.7 Å². The van der Waals surface area contributed by atoms with Gasteiger partial charge in [0.1, 0.15) is 5.75 Å². The molecular formula is C26H29N5O3. The summed E-state index contributed by atoms with van der Waals surface area (Å²) in [6, 6.07) is 16.5. The molecule has 1 unspecified atom stereocenters. The fourth-order valence-electron chi connectivity index (χ4n) is 4.03. The van der Waals surface area contributed by atoms with Gasteiger partial charge in [-0.05, 0) is 55.8 Å². The van der Waals surface area contributed by atoms with Crippen molar-refractivity contribution < 1.29 is 14.3 Å². The first-order valence-corrected chi connectivity index (χ1v) is 11.4. The van der Waals surface area contributed by atoms with Crippen LogP contribution in [0, 0.1) is 0 Å². The first-order valence-electron chi connectivity index (χ1n) is 11.4. The number of aromatic nitrogens is 2. The summed E-state index contributed by atoms with van der Waals surface area (Å²) in [5.74, 6) is 1.15. The number of hydrogen-bond acceptors (Lipinski definition) is 6. The van der Waals surface area contributed by atoms with Crippen molar-refractivity contribution in [3.8, 4) is 5.75 Å². The topological polar surface area (TPSA) is 87.7 Å². The maximum absolute atomic E-state index is 13.6. The van der Waals surface area contributed by atoms with Crippen molar-refractivity contribution in [3.05, 3.63) is 78.1 Å². The van der Waals surface area contributed by atoms with E-state index in [-0.39, 0.29) is 24.0 Å². The van der Waals surface area contributed by atoms with E-state index in [0.29, 0.717) is 31.1 Å². The van der Waals surface area contributed by atoms with Crippen LogP contribution in [0.3, 0.4) is 0 Å². The first-order chi connectivity index (χ1) is 16.4. The number of hydrogen-bond donors (Lipinski definition) is 1. The van der Waals surface area contributed by atoms with Gasteiger partial charge in [0.15, 0.2) is 0 Å². The number of ether oxygens (including phenoxy) is 1. The molecule has 2 heterocycles. The number of anilines is 2. The summed E-state index contributed by atoms with van der Waals surface area (Å²) in [6.45, 7) is 6.92. The summed E-state index contributed by atoms with van der Waals surface area (Å²) in [4.78, 5) is 37.7. The molecular weight excluding hydrogens is 430 g/mol. The van der Waals surface area contributed by atoms with E-state index in [1.165, 1.54) is 0 Å². The summed E-state index contributed by atoms with van der Waals surface area (Å²) in [5.41, 5.74) is 2.25. The lowest BCUT2D eigenvalue weighted by Crippen LogP contribution is -2.51. The number of nitrogens with zero attached hydrogens (tertiary/aromatic N) is 4. The van der Waals surface area contributed by atoms with Crippen molar-refractivity contribution in [3.63, 3.8) is 0 Å². The predicted octanol–water partition coefficient (Wildman–Crippen LogP) is 4.05. The van der Waals surface area contributed by atoms with Crippen LogP contribution in [-0.2, 0) is 4.79 Å². The third-order valence-corrected chi connectivity index (χ3v) is 5.65. The van der Waals surface area contributed by atoms with Crippen LogP contribution in [0.5, 0.6) is 5.75 Å². The Labute approximate surface area is 199 Å². The van der Waals surface area contributed by atoms with Gasteiger partial charge in [-0.15, -0.1) is 0 Å². The zero-order valence-corrected chi connectivity index (χ0v) is 19.6. The van der Waals surface area contributed by atoms with E-state index in [1.807, 2.05) is 55.1 Å². The molecule has 1 atom stereocenters.